The second-order valence-corrected chi connectivity index (χ2v) is 4.96. The van der Waals surface area contributed by atoms with E-state index in [2.05, 4.69) is 15.5 Å². The second kappa shape index (κ2) is 4.84. The number of carboxylic acid groups (broad SMARTS) is 1. The number of nitrogens with one attached hydrogen (secondary N) is 2. The molecule has 0 fully saturated rings. The van der Waals surface area contributed by atoms with Crippen molar-refractivity contribution in [3.8, 4) is 11.5 Å². The highest BCUT2D eigenvalue weighted by Crippen LogP contribution is 2.20. The minimum Gasteiger partial charge on any atom is -0.480 e. The number of aliphatic carboxylic acids is 1. The Labute approximate surface area is 115 Å². The number of H-pyrrole nitrogens is 1. The first-order chi connectivity index (χ1) is 9.29. The van der Waals surface area contributed by atoms with Crippen LogP contribution in [0.4, 0.5) is 0 Å². The fraction of sp³-hybridized carbons (Fsp3) is 0.308. The Bertz CT molecular complexity index is 654. The third-order valence-electron chi connectivity index (χ3n) is 2.78. The molecule has 106 valence electrons. The smallest absolute Gasteiger partial charge is 0.328 e. The highest BCUT2D eigenvalue weighted by atomic mass is 16.4. The number of aryl methyl sites for hydroxylation is 1. The average Bonchev–Trinajstić information content (AvgIpc) is 2.96. The molecule has 7 heteroatoms. The Hall–Kier alpha value is -2.57. The lowest BCUT2D eigenvalue weighted by molar-refractivity contribution is -0.143. The van der Waals surface area contributed by atoms with Gasteiger partial charge in [-0.15, -0.1) is 0 Å². The summed E-state index contributed by atoms with van der Waals surface area (Å²) < 4.78 is 5.40. The highest BCUT2D eigenvalue weighted by Gasteiger charge is 2.30. The predicted octanol–water partition coefficient (Wildman–Crippen LogP) is 1.57. The molecule has 0 spiro atoms. The van der Waals surface area contributed by atoms with Crippen molar-refractivity contribution in [2.45, 2.75) is 26.3 Å². The van der Waals surface area contributed by atoms with Crippen molar-refractivity contribution in [3.05, 3.63) is 29.7 Å². The van der Waals surface area contributed by atoms with Gasteiger partial charge >= 0.3 is 5.97 Å². The molecular weight excluding hydrogens is 262 g/mol. The van der Waals surface area contributed by atoms with Crippen LogP contribution in [0.15, 0.2) is 22.6 Å². The molecule has 7 nitrogen and oxygen atoms in total. The topological polar surface area (TPSA) is 108 Å². The molecule has 2 aromatic heterocycles. The molecule has 0 aliphatic carbocycles. The minimum absolute atomic E-state index is 0.100. The number of hydrogen-bond donors (Lipinski definition) is 3. The van der Waals surface area contributed by atoms with Crippen LogP contribution in [-0.4, -0.2) is 32.7 Å². The largest absolute Gasteiger partial charge is 0.480 e. The molecular formula is C13H15N3O4. The number of aromatic nitrogens is 2. The van der Waals surface area contributed by atoms with Crippen LogP contribution >= 0.6 is 0 Å². The monoisotopic (exact) mass is 277 g/mol. The quantitative estimate of drug-likeness (QED) is 0.786. The van der Waals surface area contributed by atoms with Gasteiger partial charge in [0.05, 0.1) is 0 Å². The standard InChI is InChI=1S/C13H15N3O4/c1-7-4-5-10(20-7)8-6-9(16-15-8)11(17)14-13(2,3)12(18)19/h4-6H,1-3H3,(H,14,17)(H,15,16)(H,18,19). The fourth-order valence-corrected chi connectivity index (χ4v) is 1.54. The maximum Gasteiger partial charge on any atom is 0.328 e. The Morgan fingerprint density at radius 1 is 1.40 bits per heavy atom. The molecule has 0 aliphatic rings. The number of hydrogen-bond acceptors (Lipinski definition) is 4. The fourth-order valence-electron chi connectivity index (χ4n) is 1.54. The maximum atomic E-state index is 11.9. The Morgan fingerprint density at radius 3 is 2.65 bits per heavy atom. The van der Waals surface area contributed by atoms with Gasteiger partial charge in [0.25, 0.3) is 5.91 Å². The molecule has 2 aromatic rings. The summed E-state index contributed by atoms with van der Waals surface area (Å²) in [5, 5.41) is 17.9. The molecule has 0 atom stereocenters. The van der Waals surface area contributed by atoms with Gasteiger partial charge in [-0.3, -0.25) is 9.89 Å². The SMILES string of the molecule is Cc1ccc(-c2cc(C(=O)NC(C)(C)C(=O)O)n[nH]2)o1. The highest BCUT2D eigenvalue weighted by molar-refractivity contribution is 5.96. The van der Waals surface area contributed by atoms with E-state index in [1.807, 2.05) is 6.92 Å². The lowest BCUT2D eigenvalue weighted by atomic mass is 10.1. The van der Waals surface area contributed by atoms with Crippen molar-refractivity contribution in [3.63, 3.8) is 0 Å². The first kappa shape index (κ1) is 13.9. The van der Waals surface area contributed by atoms with E-state index in [-0.39, 0.29) is 5.69 Å². The van der Waals surface area contributed by atoms with E-state index >= 15 is 0 Å². The van der Waals surface area contributed by atoms with E-state index in [0.29, 0.717) is 11.5 Å². The van der Waals surface area contributed by atoms with Crippen molar-refractivity contribution in [2.75, 3.05) is 0 Å². The van der Waals surface area contributed by atoms with E-state index in [4.69, 9.17) is 9.52 Å². The van der Waals surface area contributed by atoms with Crippen molar-refractivity contribution >= 4 is 11.9 Å². The van der Waals surface area contributed by atoms with Crippen molar-refractivity contribution in [1.29, 1.82) is 0 Å². The Balaban J connectivity index is 2.17. The van der Waals surface area contributed by atoms with E-state index in [1.54, 1.807) is 12.1 Å². The molecule has 2 heterocycles. The number of rotatable bonds is 4. The molecule has 3 N–H and O–H groups in total. The summed E-state index contributed by atoms with van der Waals surface area (Å²) in [6, 6.07) is 5.06. The number of aromatic amines is 1. The van der Waals surface area contributed by atoms with Gasteiger partial charge in [-0.1, -0.05) is 0 Å². The van der Waals surface area contributed by atoms with Gasteiger partial charge in [0.15, 0.2) is 11.5 Å². The molecule has 0 bridgehead atoms. The van der Waals surface area contributed by atoms with E-state index in [9.17, 15) is 9.59 Å². The molecule has 0 saturated carbocycles. The zero-order valence-electron chi connectivity index (χ0n) is 11.4. The van der Waals surface area contributed by atoms with Gasteiger partial charge in [0, 0.05) is 6.07 Å². The summed E-state index contributed by atoms with van der Waals surface area (Å²) >= 11 is 0. The molecule has 0 aromatic carbocycles. The summed E-state index contributed by atoms with van der Waals surface area (Å²) in [5.74, 6) is -0.384. The first-order valence-electron chi connectivity index (χ1n) is 5.98. The number of carbonyl (C=O) groups is 2. The number of carbonyl (C=O) groups excluding carboxylic acids is 1. The second-order valence-electron chi connectivity index (χ2n) is 4.96. The maximum absolute atomic E-state index is 11.9. The summed E-state index contributed by atoms with van der Waals surface area (Å²) in [5.41, 5.74) is -0.711. The van der Waals surface area contributed by atoms with Crippen molar-refractivity contribution in [1.82, 2.24) is 15.5 Å². The molecule has 1 amide bonds. The minimum atomic E-state index is -1.36. The van der Waals surface area contributed by atoms with Crippen LogP contribution in [0.2, 0.25) is 0 Å². The van der Waals surface area contributed by atoms with Gasteiger partial charge in [0.2, 0.25) is 0 Å². The average molecular weight is 277 g/mol. The summed E-state index contributed by atoms with van der Waals surface area (Å²) in [6.07, 6.45) is 0. The first-order valence-corrected chi connectivity index (χ1v) is 5.98. The Kier molecular flexibility index (Phi) is 3.35. The number of amides is 1. The number of carboxylic acids is 1. The lowest BCUT2D eigenvalue weighted by Gasteiger charge is -2.19. The van der Waals surface area contributed by atoms with E-state index < -0.39 is 17.4 Å². The van der Waals surface area contributed by atoms with Gasteiger partial charge in [-0.2, -0.15) is 5.10 Å². The van der Waals surface area contributed by atoms with E-state index in [1.165, 1.54) is 19.9 Å². The molecule has 0 unspecified atom stereocenters. The van der Waals surface area contributed by atoms with Gasteiger partial charge in [-0.25, -0.2) is 4.79 Å². The van der Waals surface area contributed by atoms with Crippen molar-refractivity contribution in [2.24, 2.45) is 0 Å². The number of furan rings is 1. The molecule has 20 heavy (non-hydrogen) atoms. The Morgan fingerprint density at radius 2 is 2.10 bits per heavy atom. The normalized spacial score (nSPS) is 11.3. The molecule has 0 aliphatic heterocycles. The number of nitrogens with zero attached hydrogens (tertiary/aromatic N) is 1. The van der Waals surface area contributed by atoms with Crippen LogP contribution in [0, 0.1) is 6.92 Å². The summed E-state index contributed by atoms with van der Waals surface area (Å²) in [4.78, 5) is 22.9. The van der Waals surface area contributed by atoms with Crippen LogP contribution in [0.25, 0.3) is 11.5 Å². The third kappa shape index (κ3) is 2.71. The van der Waals surface area contributed by atoms with Crippen molar-refractivity contribution < 1.29 is 19.1 Å². The van der Waals surface area contributed by atoms with Gasteiger partial charge in [-0.05, 0) is 32.9 Å². The van der Waals surface area contributed by atoms with Crippen LogP contribution < -0.4 is 5.32 Å². The predicted molar refractivity (Wildman–Crippen MR) is 70.2 cm³/mol. The lowest BCUT2D eigenvalue weighted by Crippen LogP contribution is -2.49. The molecule has 2 rings (SSSR count). The van der Waals surface area contributed by atoms with Crippen LogP contribution in [0.1, 0.15) is 30.1 Å². The van der Waals surface area contributed by atoms with Crippen LogP contribution in [0.3, 0.4) is 0 Å². The van der Waals surface area contributed by atoms with Crippen LogP contribution in [-0.2, 0) is 4.79 Å². The van der Waals surface area contributed by atoms with Gasteiger partial charge in [0.1, 0.15) is 17.0 Å². The van der Waals surface area contributed by atoms with E-state index in [0.717, 1.165) is 5.76 Å². The summed E-state index contributed by atoms with van der Waals surface area (Å²) in [7, 11) is 0. The van der Waals surface area contributed by atoms with Gasteiger partial charge < -0.3 is 14.8 Å². The van der Waals surface area contributed by atoms with Crippen LogP contribution in [0.5, 0.6) is 0 Å². The third-order valence-corrected chi connectivity index (χ3v) is 2.78. The molecule has 0 radical (unpaired) electrons. The zero-order chi connectivity index (χ0) is 14.9. The summed E-state index contributed by atoms with van der Waals surface area (Å²) in [6.45, 7) is 4.61. The zero-order valence-corrected chi connectivity index (χ0v) is 11.4. The molecule has 0 saturated heterocycles.